The third-order valence-electron chi connectivity index (χ3n) is 6.69. The average molecular weight is 464 g/mol. The zero-order valence-electron chi connectivity index (χ0n) is 17.2. The molecule has 1 aromatic carbocycles. The number of ether oxygens (including phenoxy) is 2. The molecule has 1 fully saturated rings. The Balaban J connectivity index is 1.33. The predicted molar refractivity (Wildman–Crippen MR) is 112 cm³/mol. The summed E-state index contributed by atoms with van der Waals surface area (Å²) < 4.78 is 48.7. The zero-order chi connectivity index (χ0) is 22.1. The number of anilines is 2. The first-order chi connectivity index (χ1) is 15.3. The van der Waals surface area contributed by atoms with Crippen molar-refractivity contribution in [2.24, 2.45) is 0 Å². The van der Waals surface area contributed by atoms with Crippen LogP contribution in [0.5, 0.6) is 11.5 Å². The second-order valence-corrected chi connectivity index (χ2v) is 10.3. The Bertz CT molecular complexity index is 1140. The van der Waals surface area contributed by atoms with Gasteiger partial charge in [0.25, 0.3) is 0 Å². The molecule has 0 spiro atoms. The number of aliphatic hydroxyl groups is 1. The topological polar surface area (TPSA) is 96.8 Å². The van der Waals surface area contributed by atoms with Crippen LogP contribution in [0, 0.1) is 0 Å². The van der Waals surface area contributed by atoms with Crippen LogP contribution in [0.2, 0.25) is 0 Å². The average Bonchev–Trinajstić information content (AvgIpc) is 3.25. The minimum absolute atomic E-state index is 0.0113. The molecule has 1 aromatic heterocycles. The van der Waals surface area contributed by atoms with Crippen LogP contribution < -0.4 is 19.7 Å². The minimum atomic E-state index is -3.64. The number of alkyl halides is 2. The number of hydrogen-bond acceptors (Lipinski definition) is 8. The lowest BCUT2D eigenvalue weighted by Gasteiger charge is -2.41. The van der Waals surface area contributed by atoms with Crippen molar-refractivity contribution in [3.63, 3.8) is 0 Å². The summed E-state index contributed by atoms with van der Waals surface area (Å²) in [4.78, 5) is 12.0. The molecular formula is C21H22F2N4O4S. The molecule has 170 valence electrons. The van der Waals surface area contributed by atoms with Gasteiger partial charge in [0.05, 0.1) is 28.6 Å². The third kappa shape index (κ3) is 3.21. The van der Waals surface area contributed by atoms with Crippen molar-refractivity contribution in [1.29, 1.82) is 0 Å². The van der Waals surface area contributed by atoms with E-state index in [-0.39, 0.29) is 18.1 Å². The van der Waals surface area contributed by atoms with Crippen LogP contribution >= 0.6 is 0 Å². The number of hydrogen-bond donors (Lipinski definition) is 2. The highest BCUT2D eigenvalue weighted by molar-refractivity contribution is 7.85. The molecule has 1 aliphatic carbocycles. The number of aryl methyl sites for hydroxylation is 1. The van der Waals surface area contributed by atoms with Gasteiger partial charge in [0.15, 0.2) is 11.5 Å². The summed E-state index contributed by atoms with van der Waals surface area (Å²) in [6.07, 6.45) is 0.270. The minimum Gasteiger partial charge on any atom is -0.395 e. The van der Waals surface area contributed by atoms with Crippen molar-refractivity contribution in [2.45, 2.75) is 55.4 Å². The Morgan fingerprint density at radius 2 is 1.91 bits per heavy atom. The predicted octanol–water partition coefficient (Wildman–Crippen LogP) is 2.35. The smallest absolute Gasteiger partial charge is 0.395 e. The molecule has 2 aromatic rings. The third-order valence-corrected chi connectivity index (χ3v) is 8.15. The molecule has 3 aliphatic heterocycles. The van der Waals surface area contributed by atoms with Gasteiger partial charge in [-0.1, -0.05) is 0 Å². The van der Waals surface area contributed by atoms with Crippen LogP contribution in [0.15, 0.2) is 17.0 Å². The molecule has 2 N–H and O–H groups in total. The van der Waals surface area contributed by atoms with E-state index in [1.54, 1.807) is 12.1 Å². The molecule has 4 aliphatic rings. The fraction of sp³-hybridized carbons (Fsp3) is 0.524. The van der Waals surface area contributed by atoms with Crippen molar-refractivity contribution in [3.05, 3.63) is 29.0 Å². The van der Waals surface area contributed by atoms with Crippen LogP contribution in [0.4, 0.5) is 20.5 Å². The van der Waals surface area contributed by atoms with E-state index in [4.69, 9.17) is 9.97 Å². The number of benzene rings is 1. The van der Waals surface area contributed by atoms with Crippen molar-refractivity contribution in [2.75, 3.05) is 29.1 Å². The van der Waals surface area contributed by atoms with Gasteiger partial charge >= 0.3 is 6.29 Å². The molecule has 0 radical (unpaired) electrons. The lowest BCUT2D eigenvalue weighted by Crippen LogP contribution is -2.48. The molecule has 0 amide bonds. The van der Waals surface area contributed by atoms with Crippen LogP contribution in [-0.2, 0) is 30.2 Å². The maximum absolute atomic E-state index is 13.4. The molecule has 4 heterocycles. The standard InChI is InChI=1S/C21H22F2N4O4S/c22-21(23)30-15-8-12-2-6-27(10-13(12)9-16(15)31-21)19-24-14-3-7-32(29)17(14)18(25-19)26-20(11-28)4-1-5-20/h8-9,28H,1-7,10-11H2,(H,24,25,26)/t32-/m0/s1. The Morgan fingerprint density at radius 1 is 1.16 bits per heavy atom. The van der Waals surface area contributed by atoms with E-state index < -0.39 is 22.6 Å². The molecule has 8 nitrogen and oxygen atoms in total. The van der Waals surface area contributed by atoms with Gasteiger partial charge in [0.1, 0.15) is 10.7 Å². The lowest BCUT2D eigenvalue weighted by atomic mass is 9.77. The number of nitrogens with one attached hydrogen (secondary N) is 1. The molecule has 11 heteroatoms. The summed E-state index contributed by atoms with van der Waals surface area (Å²) >= 11 is 0. The Hall–Kier alpha value is -2.53. The van der Waals surface area contributed by atoms with E-state index in [0.717, 1.165) is 36.1 Å². The molecule has 0 bridgehead atoms. The Kier molecular flexibility index (Phi) is 4.39. The first-order valence-electron chi connectivity index (χ1n) is 10.7. The number of aliphatic hydroxyl groups excluding tert-OH is 1. The molecule has 32 heavy (non-hydrogen) atoms. The number of aromatic nitrogens is 2. The normalized spacial score (nSPS) is 24.0. The number of nitrogens with zero attached hydrogens (tertiary/aromatic N) is 3. The largest absolute Gasteiger partial charge is 0.586 e. The van der Waals surface area contributed by atoms with E-state index in [0.29, 0.717) is 48.3 Å². The summed E-state index contributed by atoms with van der Waals surface area (Å²) in [5.74, 6) is 1.63. The van der Waals surface area contributed by atoms with Gasteiger partial charge in [0, 0.05) is 25.3 Å². The highest BCUT2D eigenvalue weighted by atomic mass is 32.2. The second kappa shape index (κ2) is 6.98. The van der Waals surface area contributed by atoms with Gasteiger partial charge in [0.2, 0.25) is 5.95 Å². The fourth-order valence-corrected chi connectivity index (χ4v) is 6.06. The van der Waals surface area contributed by atoms with Gasteiger partial charge in [-0.25, -0.2) is 4.98 Å². The summed E-state index contributed by atoms with van der Waals surface area (Å²) in [5.41, 5.74) is 2.11. The molecule has 1 atom stereocenters. The summed E-state index contributed by atoms with van der Waals surface area (Å²) in [6.45, 7) is 1.03. The van der Waals surface area contributed by atoms with Gasteiger partial charge in [-0.15, -0.1) is 8.78 Å². The maximum Gasteiger partial charge on any atom is 0.586 e. The van der Waals surface area contributed by atoms with Crippen molar-refractivity contribution in [1.82, 2.24) is 9.97 Å². The van der Waals surface area contributed by atoms with Crippen LogP contribution in [-0.4, -0.2) is 50.0 Å². The van der Waals surface area contributed by atoms with E-state index in [1.807, 2.05) is 4.90 Å². The SMILES string of the molecule is O=[S@]1CCc2nc(N3CCc4cc5c(cc4C3)OC(F)(F)O5)nc(NC3(CO)CCC3)c21. The van der Waals surface area contributed by atoms with Crippen molar-refractivity contribution < 1.29 is 27.6 Å². The fourth-order valence-electron chi connectivity index (χ4n) is 4.76. The highest BCUT2D eigenvalue weighted by Crippen LogP contribution is 2.44. The van der Waals surface area contributed by atoms with E-state index in [2.05, 4.69) is 14.8 Å². The quantitative estimate of drug-likeness (QED) is 0.712. The van der Waals surface area contributed by atoms with E-state index >= 15 is 0 Å². The van der Waals surface area contributed by atoms with Crippen molar-refractivity contribution >= 4 is 22.6 Å². The summed E-state index contributed by atoms with van der Waals surface area (Å²) in [5, 5.41) is 13.3. The monoisotopic (exact) mass is 464 g/mol. The van der Waals surface area contributed by atoms with Gasteiger partial charge in [-0.05, 0) is 48.9 Å². The first kappa shape index (κ1) is 20.1. The van der Waals surface area contributed by atoms with Crippen LogP contribution in [0.25, 0.3) is 0 Å². The highest BCUT2D eigenvalue weighted by Gasteiger charge is 2.44. The maximum atomic E-state index is 13.4. The van der Waals surface area contributed by atoms with Gasteiger partial charge in [-0.2, -0.15) is 4.98 Å². The summed E-state index contributed by atoms with van der Waals surface area (Å²) in [7, 11) is -1.17. The summed E-state index contributed by atoms with van der Waals surface area (Å²) in [6, 6.07) is 3.21. The van der Waals surface area contributed by atoms with E-state index in [1.165, 1.54) is 0 Å². The second-order valence-electron chi connectivity index (χ2n) is 8.77. The molecule has 6 rings (SSSR count). The molecule has 1 saturated carbocycles. The Morgan fingerprint density at radius 3 is 2.59 bits per heavy atom. The number of rotatable bonds is 4. The van der Waals surface area contributed by atoms with Crippen molar-refractivity contribution in [3.8, 4) is 11.5 Å². The lowest BCUT2D eigenvalue weighted by molar-refractivity contribution is -0.286. The zero-order valence-corrected chi connectivity index (χ0v) is 18.0. The number of halogens is 2. The number of fused-ring (bicyclic) bond motifs is 3. The Labute approximate surface area is 185 Å². The van der Waals surface area contributed by atoms with Gasteiger partial charge < -0.3 is 24.8 Å². The molecular weight excluding hydrogens is 442 g/mol. The van der Waals surface area contributed by atoms with E-state index in [9.17, 15) is 18.1 Å². The molecule has 0 saturated heterocycles. The first-order valence-corrected chi connectivity index (χ1v) is 12.0. The van der Waals surface area contributed by atoms with Gasteiger partial charge in [-0.3, -0.25) is 4.21 Å². The van der Waals surface area contributed by atoms with Crippen LogP contribution in [0.3, 0.4) is 0 Å². The van der Waals surface area contributed by atoms with Crippen LogP contribution in [0.1, 0.15) is 36.1 Å². The molecule has 0 unspecified atom stereocenters.